The van der Waals surface area contributed by atoms with Crippen LogP contribution in [-0.2, 0) is 4.79 Å². The Hall–Kier alpha value is -0.610. The van der Waals surface area contributed by atoms with Crippen molar-refractivity contribution < 1.29 is 4.79 Å². The molecule has 2 rings (SSSR count). The van der Waals surface area contributed by atoms with Crippen LogP contribution in [0, 0.1) is 11.8 Å². The van der Waals surface area contributed by atoms with Crippen LogP contribution in [0.5, 0.6) is 0 Å². The Bertz CT molecular complexity index is 272. The van der Waals surface area contributed by atoms with Gasteiger partial charge in [0.2, 0.25) is 5.91 Å². The van der Waals surface area contributed by atoms with E-state index in [9.17, 15) is 4.79 Å². The molecule has 98 valence electrons. The van der Waals surface area contributed by atoms with Gasteiger partial charge in [-0.3, -0.25) is 9.69 Å². The van der Waals surface area contributed by atoms with Gasteiger partial charge in [0.05, 0.1) is 0 Å². The summed E-state index contributed by atoms with van der Waals surface area (Å²) < 4.78 is 0. The van der Waals surface area contributed by atoms with Crippen molar-refractivity contribution in [3.63, 3.8) is 0 Å². The molecular weight excluding hydrogens is 214 g/mol. The second kappa shape index (κ2) is 5.36. The molecule has 1 saturated heterocycles. The van der Waals surface area contributed by atoms with Gasteiger partial charge in [0.25, 0.3) is 0 Å². The molecule has 1 aliphatic heterocycles. The number of nitrogens with zero attached hydrogens (tertiary/aromatic N) is 1. The van der Waals surface area contributed by atoms with Crippen LogP contribution < -0.4 is 11.1 Å². The highest BCUT2D eigenvalue weighted by atomic mass is 16.1. The summed E-state index contributed by atoms with van der Waals surface area (Å²) in [6.45, 7) is 7.30. The van der Waals surface area contributed by atoms with E-state index in [0.717, 1.165) is 24.9 Å². The smallest absolute Gasteiger partial charge is 0.236 e. The molecule has 0 aromatic carbocycles. The van der Waals surface area contributed by atoms with Crippen molar-refractivity contribution in [1.29, 1.82) is 0 Å². The first kappa shape index (κ1) is 12.8. The maximum absolute atomic E-state index is 11.5. The molecule has 1 saturated carbocycles. The van der Waals surface area contributed by atoms with E-state index in [-0.39, 0.29) is 11.9 Å². The lowest BCUT2D eigenvalue weighted by atomic mass is 9.79. The van der Waals surface area contributed by atoms with Gasteiger partial charge in [-0.1, -0.05) is 13.8 Å². The third-order valence-electron chi connectivity index (χ3n) is 4.24. The van der Waals surface area contributed by atoms with E-state index in [0.29, 0.717) is 12.6 Å². The molecule has 0 radical (unpaired) electrons. The molecule has 4 heteroatoms. The summed E-state index contributed by atoms with van der Waals surface area (Å²) in [6, 6.07) is 0.444. The third kappa shape index (κ3) is 2.99. The molecule has 0 bridgehead atoms. The molecule has 2 fully saturated rings. The fraction of sp³-hybridized carbons (Fsp3) is 0.923. The summed E-state index contributed by atoms with van der Waals surface area (Å²) in [7, 11) is 0. The van der Waals surface area contributed by atoms with Crippen LogP contribution >= 0.6 is 0 Å². The first-order valence-corrected chi connectivity index (χ1v) is 6.83. The molecule has 3 N–H and O–H groups in total. The van der Waals surface area contributed by atoms with Crippen molar-refractivity contribution in [2.75, 3.05) is 19.6 Å². The summed E-state index contributed by atoms with van der Waals surface area (Å²) in [4.78, 5) is 13.9. The number of nitrogens with one attached hydrogen (secondary N) is 1. The topological polar surface area (TPSA) is 58.4 Å². The molecule has 3 atom stereocenters. The van der Waals surface area contributed by atoms with Crippen molar-refractivity contribution in [3.8, 4) is 0 Å². The minimum Gasteiger partial charge on any atom is -0.368 e. The Labute approximate surface area is 104 Å². The maximum atomic E-state index is 11.5. The number of hydrogen-bond acceptors (Lipinski definition) is 3. The summed E-state index contributed by atoms with van der Waals surface area (Å²) >= 11 is 0. The standard InChI is InChI=1S/C13H25N3O/c1-9-5-10(2)7-11(6-9)16-4-3-15-8-12(16)13(14)17/h9-12,15H,3-8H2,1-2H3,(H2,14,17). The van der Waals surface area contributed by atoms with Crippen LogP contribution in [0.2, 0.25) is 0 Å². The Kier molecular flexibility index (Phi) is 4.05. The number of carbonyl (C=O) groups excluding carboxylic acids is 1. The van der Waals surface area contributed by atoms with E-state index in [1.165, 1.54) is 19.3 Å². The van der Waals surface area contributed by atoms with Crippen LogP contribution in [0.4, 0.5) is 0 Å². The fourth-order valence-corrected chi connectivity index (χ4v) is 3.60. The lowest BCUT2D eigenvalue weighted by molar-refractivity contribution is -0.125. The van der Waals surface area contributed by atoms with Crippen molar-refractivity contribution >= 4 is 5.91 Å². The van der Waals surface area contributed by atoms with Crippen LogP contribution in [0.15, 0.2) is 0 Å². The predicted molar refractivity (Wildman–Crippen MR) is 68.5 cm³/mol. The number of piperazine rings is 1. The highest BCUT2D eigenvalue weighted by molar-refractivity contribution is 5.80. The van der Waals surface area contributed by atoms with Gasteiger partial charge in [0, 0.05) is 25.7 Å². The molecule has 2 aliphatic rings. The number of primary amides is 1. The number of amides is 1. The zero-order chi connectivity index (χ0) is 12.4. The van der Waals surface area contributed by atoms with Crippen LogP contribution in [0.1, 0.15) is 33.1 Å². The molecule has 0 aromatic heterocycles. The van der Waals surface area contributed by atoms with E-state index < -0.39 is 0 Å². The van der Waals surface area contributed by atoms with E-state index in [1.54, 1.807) is 0 Å². The minimum absolute atomic E-state index is 0.105. The minimum atomic E-state index is -0.178. The van der Waals surface area contributed by atoms with Gasteiger partial charge in [-0.25, -0.2) is 0 Å². The lowest BCUT2D eigenvalue weighted by Gasteiger charge is -2.44. The molecule has 3 unspecified atom stereocenters. The zero-order valence-electron chi connectivity index (χ0n) is 11.0. The molecule has 4 nitrogen and oxygen atoms in total. The highest BCUT2D eigenvalue weighted by Crippen LogP contribution is 2.32. The largest absolute Gasteiger partial charge is 0.368 e. The number of carbonyl (C=O) groups is 1. The average Bonchev–Trinajstić information content (AvgIpc) is 2.27. The number of nitrogens with two attached hydrogens (primary N) is 1. The van der Waals surface area contributed by atoms with E-state index in [1.807, 2.05) is 0 Å². The first-order valence-electron chi connectivity index (χ1n) is 6.83. The summed E-state index contributed by atoms with van der Waals surface area (Å²) in [5, 5.41) is 3.27. The van der Waals surface area contributed by atoms with Crippen molar-refractivity contribution in [1.82, 2.24) is 10.2 Å². The molecule has 1 aliphatic carbocycles. The van der Waals surface area contributed by atoms with Gasteiger partial charge >= 0.3 is 0 Å². The second-order valence-corrected chi connectivity index (χ2v) is 5.93. The maximum Gasteiger partial charge on any atom is 0.236 e. The van der Waals surface area contributed by atoms with Crippen LogP contribution in [-0.4, -0.2) is 42.5 Å². The van der Waals surface area contributed by atoms with Crippen molar-refractivity contribution in [2.45, 2.75) is 45.2 Å². The molecule has 1 heterocycles. The highest BCUT2D eigenvalue weighted by Gasteiger charge is 2.35. The fourth-order valence-electron chi connectivity index (χ4n) is 3.60. The summed E-state index contributed by atoms with van der Waals surface area (Å²) in [6.07, 6.45) is 3.76. The first-order chi connectivity index (χ1) is 8.08. The third-order valence-corrected chi connectivity index (χ3v) is 4.24. The molecule has 0 aromatic rings. The summed E-state index contributed by atoms with van der Waals surface area (Å²) in [5.41, 5.74) is 5.51. The van der Waals surface area contributed by atoms with Gasteiger partial charge in [0.15, 0.2) is 0 Å². The van der Waals surface area contributed by atoms with E-state index >= 15 is 0 Å². The number of hydrogen-bond donors (Lipinski definition) is 2. The normalized spacial score (nSPS) is 40.1. The zero-order valence-corrected chi connectivity index (χ0v) is 11.0. The van der Waals surface area contributed by atoms with E-state index in [4.69, 9.17) is 5.73 Å². The second-order valence-electron chi connectivity index (χ2n) is 5.93. The van der Waals surface area contributed by atoms with Crippen LogP contribution in [0.25, 0.3) is 0 Å². The molecule has 0 spiro atoms. The van der Waals surface area contributed by atoms with Gasteiger partial charge in [0.1, 0.15) is 6.04 Å². The number of rotatable bonds is 2. The van der Waals surface area contributed by atoms with Gasteiger partial charge in [-0.05, 0) is 31.1 Å². The lowest BCUT2D eigenvalue weighted by Crippen LogP contribution is -2.60. The Balaban J connectivity index is 2.05. The molecular formula is C13H25N3O. The van der Waals surface area contributed by atoms with Gasteiger partial charge < -0.3 is 11.1 Å². The predicted octanol–water partition coefficient (Wildman–Crippen LogP) is 0.570. The van der Waals surface area contributed by atoms with Crippen LogP contribution in [0.3, 0.4) is 0 Å². The summed E-state index contributed by atoms with van der Waals surface area (Å²) in [5.74, 6) is 1.36. The quantitative estimate of drug-likeness (QED) is 0.741. The Morgan fingerprint density at radius 1 is 1.24 bits per heavy atom. The Morgan fingerprint density at radius 2 is 1.88 bits per heavy atom. The van der Waals surface area contributed by atoms with Crippen molar-refractivity contribution in [3.05, 3.63) is 0 Å². The Morgan fingerprint density at radius 3 is 2.47 bits per heavy atom. The van der Waals surface area contributed by atoms with Gasteiger partial charge in [-0.2, -0.15) is 0 Å². The van der Waals surface area contributed by atoms with Crippen molar-refractivity contribution in [2.24, 2.45) is 17.6 Å². The SMILES string of the molecule is CC1CC(C)CC(N2CCNCC2C(N)=O)C1. The van der Waals surface area contributed by atoms with E-state index in [2.05, 4.69) is 24.1 Å². The average molecular weight is 239 g/mol. The molecule has 1 amide bonds. The monoisotopic (exact) mass is 239 g/mol. The molecule has 17 heavy (non-hydrogen) atoms. The van der Waals surface area contributed by atoms with Gasteiger partial charge in [-0.15, -0.1) is 0 Å².